The number of nitrogens with zero attached hydrogens (tertiary/aromatic N) is 1. The molecule has 0 heterocycles. The first-order valence-electron chi connectivity index (χ1n) is 13.0. The highest BCUT2D eigenvalue weighted by Gasteiger charge is 2.05. The summed E-state index contributed by atoms with van der Waals surface area (Å²) in [5.41, 5.74) is 0. The van der Waals surface area contributed by atoms with Gasteiger partial charge in [0.15, 0.2) is 0 Å². The Labute approximate surface area is 188 Å². The predicted octanol–water partition coefficient (Wildman–Crippen LogP) is 7.43. The van der Waals surface area contributed by atoms with Crippen molar-refractivity contribution in [2.75, 3.05) is 26.2 Å². The van der Waals surface area contributed by atoms with Crippen molar-refractivity contribution in [3.05, 3.63) is 25.3 Å². The molecule has 3 heteroatoms. The molecule has 0 aliphatic heterocycles. The maximum atomic E-state index is 11.9. The highest BCUT2D eigenvalue weighted by atomic mass is 16.1. The quantitative estimate of drug-likeness (QED) is 0.130. The number of hydrogen-bond donors (Lipinski definition) is 1. The van der Waals surface area contributed by atoms with Crippen LogP contribution < -0.4 is 5.32 Å². The van der Waals surface area contributed by atoms with Crippen LogP contribution in [0, 0.1) is 0 Å². The molecular weight excluding hydrogens is 368 g/mol. The van der Waals surface area contributed by atoms with Crippen LogP contribution in [0.1, 0.15) is 116 Å². The fraction of sp³-hybridized carbons (Fsp3) is 0.815. The smallest absolute Gasteiger partial charge is 0.221 e. The van der Waals surface area contributed by atoms with Gasteiger partial charge >= 0.3 is 0 Å². The molecule has 0 bridgehead atoms. The second kappa shape index (κ2) is 24.2. The van der Waals surface area contributed by atoms with Crippen molar-refractivity contribution in [3.8, 4) is 0 Å². The summed E-state index contributed by atoms with van der Waals surface area (Å²) in [5.74, 6) is 0.161. The lowest BCUT2D eigenvalue weighted by Crippen LogP contribution is -2.31. The van der Waals surface area contributed by atoms with Crippen molar-refractivity contribution in [2.45, 2.75) is 116 Å². The predicted molar refractivity (Wildman–Crippen MR) is 134 cm³/mol. The molecule has 0 aliphatic rings. The van der Waals surface area contributed by atoms with E-state index in [1.165, 1.54) is 96.3 Å². The lowest BCUT2D eigenvalue weighted by molar-refractivity contribution is -0.121. The van der Waals surface area contributed by atoms with E-state index in [2.05, 4.69) is 30.3 Å². The Hall–Kier alpha value is -1.09. The number of carbonyl (C=O) groups is 1. The minimum absolute atomic E-state index is 0.161. The molecule has 0 aromatic carbocycles. The van der Waals surface area contributed by atoms with E-state index in [0.717, 1.165) is 32.6 Å². The van der Waals surface area contributed by atoms with Crippen molar-refractivity contribution in [1.29, 1.82) is 0 Å². The Morgan fingerprint density at radius 2 is 1.10 bits per heavy atom. The van der Waals surface area contributed by atoms with Gasteiger partial charge in [-0.3, -0.25) is 9.69 Å². The van der Waals surface area contributed by atoms with E-state index >= 15 is 0 Å². The van der Waals surface area contributed by atoms with E-state index < -0.39 is 0 Å². The molecule has 3 nitrogen and oxygen atoms in total. The molecule has 30 heavy (non-hydrogen) atoms. The summed E-state index contributed by atoms with van der Waals surface area (Å²) in [6.07, 6.45) is 26.4. The van der Waals surface area contributed by atoms with E-state index in [4.69, 9.17) is 0 Å². The minimum Gasteiger partial charge on any atom is -0.356 e. The third-order valence-electron chi connectivity index (χ3n) is 5.78. The first kappa shape index (κ1) is 28.9. The molecule has 0 spiro atoms. The zero-order valence-corrected chi connectivity index (χ0v) is 20.3. The van der Waals surface area contributed by atoms with Gasteiger partial charge in [0.05, 0.1) is 0 Å². The first-order valence-corrected chi connectivity index (χ1v) is 13.0. The van der Waals surface area contributed by atoms with Crippen molar-refractivity contribution in [1.82, 2.24) is 10.2 Å². The van der Waals surface area contributed by atoms with E-state index in [0.29, 0.717) is 6.42 Å². The van der Waals surface area contributed by atoms with Crippen molar-refractivity contribution in [2.24, 2.45) is 0 Å². The Kier molecular flexibility index (Phi) is 23.3. The third-order valence-corrected chi connectivity index (χ3v) is 5.78. The fourth-order valence-electron chi connectivity index (χ4n) is 3.87. The van der Waals surface area contributed by atoms with Crippen LogP contribution in [0.3, 0.4) is 0 Å². The number of hydrogen-bond acceptors (Lipinski definition) is 2. The zero-order valence-electron chi connectivity index (χ0n) is 20.3. The summed E-state index contributed by atoms with van der Waals surface area (Å²) in [6, 6.07) is 0. The summed E-state index contributed by atoms with van der Waals surface area (Å²) in [6.45, 7) is 13.0. The first-order chi connectivity index (χ1) is 14.7. The maximum absolute atomic E-state index is 11.9. The average Bonchev–Trinajstić information content (AvgIpc) is 2.74. The van der Waals surface area contributed by atoms with Gasteiger partial charge in [-0.25, -0.2) is 0 Å². The minimum atomic E-state index is 0.161. The Balaban J connectivity index is 3.27. The molecule has 0 saturated heterocycles. The number of carbonyl (C=O) groups excluding carboxylic acids is 1. The topological polar surface area (TPSA) is 32.3 Å². The van der Waals surface area contributed by atoms with Crippen LogP contribution in [-0.2, 0) is 4.79 Å². The van der Waals surface area contributed by atoms with Gasteiger partial charge in [-0.2, -0.15) is 0 Å². The van der Waals surface area contributed by atoms with Crippen molar-refractivity contribution in [3.63, 3.8) is 0 Å². The molecule has 0 radical (unpaired) electrons. The van der Waals surface area contributed by atoms with Crippen LogP contribution in [-0.4, -0.2) is 37.0 Å². The van der Waals surface area contributed by atoms with E-state index in [1.807, 2.05) is 12.2 Å². The molecule has 0 rings (SSSR count). The lowest BCUT2D eigenvalue weighted by Gasteiger charge is -2.18. The molecule has 0 aromatic heterocycles. The average molecular weight is 421 g/mol. The van der Waals surface area contributed by atoms with E-state index in [9.17, 15) is 4.79 Å². The number of amides is 1. The van der Waals surface area contributed by atoms with Gasteiger partial charge in [0.2, 0.25) is 5.91 Å². The fourth-order valence-corrected chi connectivity index (χ4v) is 3.87. The molecular formula is C27H52N2O. The number of unbranched alkanes of at least 4 members (excludes halogenated alkanes) is 15. The summed E-state index contributed by atoms with van der Waals surface area (Å²) in [7, 11) is 0. The second-order valence-corrected chi connectivity index (χ2v) is 8.74. The molecule has 0 saturated carbocycles. The number of rotatable bonds is 24. The van der Waals surface area contributed by atoms with Gasteiger partial charge in [-0.1, -0.05) is 115 Å². The normalized spacial score (nSPS) is 11.0. The molecule has 1 N–H and O–H groups in total. The van der Waals surface area contributed by atoms with Gasteiger partial charge < -0.3 is 5.32 Å². The van der Waals surface area contributed by atoms with Crippen LogP contribution >= 0.6 is 0 Å². The maximum Gasteiger partial charge on any atom is 0.221 e. The molecule has 0 aliphatic carbocycles. The summed E-state index contributed by atoms with van der Waals surface area (Å²) in [4.78, 5) is 14.1. The van der Waals surface area contributed by atoms with Crippen LogP contribution in [0.15, 0.2) is 25.3 Å². The summed E-state index contributed by atoms with van der Waals surface area (Å²) in [5, 5.41) is 3.05. The van der Waals surface area contributed by atoms with Gasteiger partial charge in [0, 0.05) is 32.6 Å². The van der Waals surface area contributed by atoms with Gasteiger partial charge in [-0.15, -0.1) is 13.2 Å². The lowest BCUT2D eigenvalue weighted by atomic mass is 10.0. The molecule has 1 amide bonds. The Morgan fingerprint density at radius 3 is 1.50 bits per heavy atom. The molecule has 0 atom stereocenters. The van der Waals surface area contributed by atoms with Crippen molar-refractivity contribution < 1.29 is 4.79 Å². The van der Waals surface area contributed by atoms with Crippen LogP contribution in [0.5, 0.6) is 0 Å². The Morgan fingerprint density at radius 1 is 0.700 bits per heavy atom. The highest BCUT2D eigenvalue weighted by molar-refractivity contribution is 5.76. The molecule has 0 unspecified atom stereocenters. The molecule has 0 aromatic rings. The second-order valence-electron chi connectivity index (χ2n) is 8.74. The largest absolute Gasteiger partial charge is 0.356 e. The van der Waals surface area contributed by atoms with Gasteiger partial charge in [0.25, 0.3) is 0 Å². The molecule has 0 fully saturated rings. The number of nitrogens with one attached hydrogen (secondary N) is 1. The summed E-state index contributed by atoms with van der Waals surface area (Å²) >= 11 is 0. The zero-order chi connectivity index (χ0) is 22.1. The van der Waals surface area contributed by atoms with Crippen LogP contribution in [0.4, 0.5) is 0 Å². The standard InChI is InChI=1S/C27H52N2O/c1-4-7-8-9-10-11-12-13-14-15-16-17-18-19-20-21-23-28-27(30)22-26-29(24-5-2)25-6-3/h5-6H,2-4,7-26H2,1H3,(H,28,30). The molecule has 176 valence electrons. The highest BCUT2D eigenvalue weighted by Crippen LogP contribution is 2.13. The van der Waals surface area contributed by atoms with E-state index in [-0.39, 0.29) is 5.91 Å². The van der Waals surface area contributed by atoms with Crippen LogP contribution in [0.2, 0.25) is 0 Å². The monoisotopic (exact) mass is 420 g/mol. The third kappa shape index (κ3) is 21.6. The van der Waals surface area contributed by atoms with Gasteiger partial charge in [-0.05, 0) is 6.42 Å². The summed E-state index contributed by atoms with van der Waals surface area (Å²) < 4.78 is 0. The van der Waals surface area contributed by atoms with Gasteiger partial charge in [0.1, 0.15) is 0 Å². The SMILES string of the molecule is C=CCN(CC=C)CCC(=O)NCCCCCCCCCCCCCCCCCC. The Bertz CT molecular complexity index is 384. The van der Waals surface area contributed by atoms with E-state index in [1.54, 1.807) is 0 Å². The van der Waals surface area contributed by atoms with Crippen molar-refractivity contribution >= 4 is 5.91 Å². The van der Waals surface area contributed by atoms with Crippen LogP contribution in [0.25, 0.3) is 0 Å².